The standard InChI is InChI=1S/C35H60O3/c1-5-7-9-11-12-14-16-27-18-20-31-30-19-17-28-26-29(38-33(36)37-25-15-13-10-8-6-2)21-23-35(28,4)32(30)22-24-34(27,31)3/h17,27,29-32H,5-16,18-26H2,1-4H3/t27?,29-,30?,31?,32?,34+,35-/m0/s1. The van der Waals surface area contributed by atoms with Gasteiger partial charge in [-0.1, -0.05) is 104 Å². The van der Waals surface area contributed by atoms with Gasteiger partial charge in [0, 0.05) is 6.42 Å². The summed E-state index contributed by atoms with van der Waals surface area (Å²) < 4.78 is 11.2. The highest BCUT2D eigenvalue weighted by atomic mass is 16.7. The van der Waals surface area contributed by atoms with Gasteiger partial charge >= 0.3 is 6.16 Å². The lowest BCUT2D eigenvalue weighted by molar-refractivity contribution is -0.0563. The van der Waals surface area contributed by atoms with Crippen molar-refractivity contribution < 1.29 is 14.3 Å². The minimum absolute atomic E-state index is 0.000472. The molecule has 4 aliphatic rings. The number of hydrogen-bond acceptors (Lipinski definition) is 3. The van der Waals surface area contributed by atoms with Crippen molar-refractivity contribution in [2.45, 2.75) is 162 Å². The van der Waals surface area contributed by atoms with Gasteiger partial charge in [-0.25, -0.2) is 4.79 Å². The molecule has 3 saturated carbocycles. The highest BCUT2D eigenvalue weighted by Gasteiger charge is 2.58. The smallest absolute Gasteiger partial charge is 0.434 e. The summed E-state index contributed by atoms with van der Waals surface area (Å²) >= 11 is 0. The molecule has 0 radical (unpaired) electrons. The Morgan fingerprint density at radius 3 is 2.32 bits per heavy atom. The van der Waals surface area contributed by atoms with Gasteiger partial charge in [0.15, 0.2) is 0 Å². The number of fused-ring (bicyclic) bond motifs is 5. The van der Waals surface area contributed by atoms with Gasteiger partial charge in [0.1, 0.15) is 6.10 Å². The molecule has 4 rings (SSSR count). The first-order valence-corrected chi connectivity index (χ1v) is 16.9. The largest absolute Gasteiger partial charge is 0.508 e. The SMILES string of the molecule is CCCCCCCCC1CCC2C3CC=C4C[C@@H](OC(=O)OCCCCCCC)CC[C@]4(C)C3CC[C@]12C. The first-order chi connectivity index (χ1) is 18.4. The molecule has 3 nitrogen and oxygen atoms in total. The highest BCUT2D eigenvalue weighted by Crippen LogP contribution is 2.66. The van der Waals surface area contributed by atoms with Crippen molar-refractivity contribution in [2.24, 2.45) is 34.5 Å². The minimum atomic E-state index is -0.445. The van der Waals surface area contributed by atoms with Gasteiger partial charge in [-0.05, 0) is 92.3 Å². The first kappa shape index (κ1) is 30.0. The van der Waals surface area contributed by atoms with Crippen LogP contribution in [-0.2, 0) is 9.47 Å². The molecule has 0 aromatic carbocycles. The van der Waals surface area contributed by atoms with E-state index < -0.39 is 6.16 Å². The van der Waals surface area contributed by atoms with Gasteiger partial charge < -0.3 is 9.47 Å². The van der Waals surface area contributed by atoms with E-state index >= 15 is 0 Å². The topological polar surface area (TPSA) is 35.5 Å². The predicted molar refractivity (Wildman–Crippen MR) is 158 cm³/mol. The molecule has 0 aromatic rings. The number of rotatable bonds is 14. The number of carbonyl (C=O) groups is 1. The van der Waals surface area contributed by atoms with Crippen molar-refractivity contribution in [3.8, 4) is 0 Å². The summed E-state index contributed by atoms with van der Waals surface area (Å²) in [5.41, 5.74) is 2.48. The van der Waals surface area contributed by atoms with Crippen LogP contribution in [0.4, 0.5) is 4.79 Å². The Morgan fingerprint density at radius 1 is 0.842 bits per heavy atom. The molecule has 3 heteroatoms. The van der Waals surface area contributed by atoms with E-state index in [2.05, 4.69) is 33.8 Å². The molecule has 0 heterocycles. The van der Waals surface area contributed by atoms with Gasteiger partial charge in [-0.15, -0.1) is 0 Å². The van der Waals surface area contributed by atoms with Crippen LogP contribution in [0, 0.1) is 34.5 Å². The maximum Gasteiger partial charge on any atom is 0.508 e. The molecule has 0 aromatic heterocycles. The zero-order chi connectivity index (χ0) is 27.0. The molecule has 3 fully saturated rings. The van der Waals surface area contributed by atoms with Gasteiger partial charge in [0.25, 0.3) is 0 Å². The molecule has 0 spiro atoms. The Labute approximate surface area is 235 Å². The third-order valence-corrected chi connectivity index (χ3v) is 11.9. The summed E-state index contributed by atoms with van der Waals surface area (Å²) in [4.78, 5) is 12.3. The lowest BCUT2D eigenvalue weighted by Gasteiger charge is -2.58. The summed E-state index contributed by atoms with van der Waals surface area (Å²) in [6.45, 7) is 10.3. The average Bonchev–Trinajstić information content (AvgIpc) is 3.24. The number of carbonyl (C=O) groups excluding carboxylic acids is 1. The predicted octanol–water partition coefficient (Wildman–Crippen LogP) is 10.8. The third-order valence-electron chi connectivity index (χ3n) is 11.9. The van der Waals surface area contributed by atoms with E-state index in [1.165, 1.54) is 103 Å². The van der Waals surface area contributed by atoms with Gasteiger partial charge in [0.2, 0.25) is 0 Å². The number of hydrogen-bond donors (Lipinski definition) is 0. The molecule has 4 aliphatic carbocycles. The quantitative estimate of drug-likeness (QED) is 0.128. The molecular formula is C35H60O3. The molecule has 0 bridgehead atoms. The van der Waals surface area contributed by atoms with Gasteiger partial charge in [-0.2, -0.15) is 0 Å². The van der Waals surface area contributed by atoms with Gasteiger partial charge in [-0.3, -0.25) is 0 Å². The number of unbranched alkanes of at least 4 members (excludes halogenated alkanes) is 9. The minimum Gasteiger partial charge on any atom is -0.434 e. The molecule has 38 heavy (non-hydrogen) atoms. The lowest BCUT2D eigenvalue weighted by Crippen LogP contribution is -2.50. The summed E-state index contributed by atoms with van der Waals surface area (Å²) in [5, 5.41) is 0. The van der Waals surface area contributed by atoms with Crippen LogP contribution in [0.2, 0.25) is 0 Å². The molecule has 7 atom stereocenters. The monoisotopic (exact) mass is 528 g/mol. The summed E-state index contributed by atoms with van der Waals surface area (Å²) in [5.74, 6) is 3.57. The fourth-order valence-electron chi connectivity index (χ4n) is 9.51. The van der Waals surface area contributed by atoms with Crippen molar-refractivity contribution in [3.05, 3.63) is 11.6 Å². The molecule has 218 valence electrons. The second kappa shape index (κ2) is 14.1. The molecular weight excluding hydrogens is 468 g/mol. The Hall–Kier alpha value is -0.990. The van der Waals surface area contributed by atoms with E-state index in [9.17, 15) is 4.79 Å². The second-order valence-electron chi connectivity index (χ2n) is 14.1. The first-order valence-electron chi connectivity index (χ1n) is 16.9. The summed E-state index contributed by atoms with van der Waals surface area (Å²) in [6, 6.07) is 0. The van der Waals surface area contributed by atoms with Crippen molar-refractivity contribution in [3.63, 3.8) is 0 Å². The maximum atomic E-state index is 12.3. The molecule has 0 saturated heterocycles. The number of ether oxygens (including phenoxy) is 2. The van der Waals surface area contributed by atoms with E-state index in [0.717, 1.165) is 49.4 Å². The fourth-order valence-corrected chi connectivity index (χ4v) is 9.51. The fraction of sp³-hybridized carbons (Fsp3) is 0.914. The van der Waals surface area contributed by atoms with Crippen LogP contribution in [0.1, 0.15) is 156 Å². The average molecular weight is 529 g/mol. The highest BCUT2D eigenvalue weighted by molar-refractivity contribution is 5.60. The Balaban J connectivity index is 1.27. The van der Waals surface area contributed by atoms with Crippen LogP contribution < -0.4 is 0 Å². The molecule has 0 N–H and O–H groups in total. The van der Waals surface area contributed by atoms with E-state index in [0.29, 0.717) is 17.4 Å². The Bertz CT molecular complexity index is 773. The zero-order valence-corrected chi connectivity index (χ0v) is 25.5. The molecule has 4 unspecified atom stereocenters. The van der Waals surface area contributed by atoms with E-state index in [1.807, 2.05) is 0 Å². The van der Waals surface area contributed by atoms with Crippen LogP contribution >= 0.6 is 0 Å². The van der Waals surface area contributed by atoms with Crippen molar-refractivity contribution in [1.29, 1.82) is 0 Å². The van der Waals surface area contributed by atoms with Crippen LogP contribution in [0.15, 0.2) is 11.6 Å². The van der Waals surface area contributed by atoms with E-state index in [-0.39, 0.29) is 6.10 Å². The second-order valence-corrected chi connectivity index (χ2v) is 14.1. The molecule has 0 aliphatic heterocycles. The zero-order valence-electron chi connectivity index (χ0n) is 25.5. The number of allylic oxidation sites excluding steroid dienone is 1. The lowest BCUT2D eigenvalue weighted by atomic mass is 9.47. The summed E-state index contributed by atoms with van der Waals surface area (Å²) in [6.07, 6.45) is 28.1. The van der Waals surface area contributed by atoms with E-state index in [4.69, 9.17) is 9.47 Å². The van der Waals surface area contributed by atoms with Gasteiger partial charge in [0.05, 0.1) is 6.61 Å². The Kier molecular flexibility index (Phi) is 11.1. The van der Waals surface area contributed by atoms with Crippen LogP contribution in [0.3, 0.4) is 0 Å². The molecule has 0 amide bonds. The summed E-state index contributed by atoms with van der Waals surface area (Å²) in [7, 11) is 0. The van der Waals surface area contributed by atoms with Crippen LogP contribution in [0.5, 0.6) is 0 Å². The third kappa shape index (κ3) is 6.83. The van der Waals surface area contributed by atoms with Crippen molar-refractivity contribution in [1.82, 2.24) is 0 Å². The van der Waals surface area contributed by atoms with Crippen molar-refractivity contribution >= 4 is 6.16 Å². The van der Waals surface area contributed by atoms with E-state index in [1.54, 1.807) is 5.57 Å². The van der Waals surface area contributed by atoms with Crippen molar-refractivity contribution in [2.75, 3.05) is 6.61 Å². The normalized spacial score (nSPS) is 36.1. The Morgan fingerprint density at radius 2 is 1.55 bits per heavy atom. The van der Waals surface area contributed by atoms with Crippen LogP contribution in [0.25, 0.3) is 0 Å². The van der Waals surface area contributed by atoms with Crippen LogP contribution in [-0.4, -0.2) is 18.9 Å². The maximum absolute atomic E-state index is 12.3.